The Morgan fingerprint density at radius 3 is 2.52 bits per heavy atom. The summed E-state index contributed by atoms with van der Waals surface area (Å²) in [7, 11) is 0. The molecule has 0 aromatic rings. The lowest BCUT2D eigenvalue weighted by Crippen LogP contribution is -2.51. The minimum absolute atomic E-state index is 0.0585. The largest absolute Gasteiger partial charge is 0.375 e. The summed E-state index contributed by atoms with van der Waals surface area (Å²) in [6, 6.07) is -0.154. The second kappa shape index (κ2) is 6.44. The van der Waals surface area contributed by atoms with Gasteiger partial charge < -0.3 is 10.1 Å². The number of nitrogens with zero attached hydrogens (tertiary/aromatic N) is 1. The first-order valence-electron chi connectivity index (χ1n) is 8.18. The Labute approximate surface area is 127 Å². The van der Waals surface area contributed by atoms with Crippen molar-refractivity contribution >= 4 is 11.8 Å². The molecule has 1 N–H and O–H groups in total. The molecule has 2 amide bonds. The van der Waals surface area contributed by atoms with E-state index in [2.05, 4.69) is 19.2 Å². The Kier molecular flexibility index (Phi) is 5.04. The molecule has 2 fully saturated rings. The molecule has 120 valence electrons. The molecule has 2 aliphatic rings. The van der Waals surface area contributed by atoms with Gasteiger partial charge in [-0.2, -0.15) is 0 Å². The van der Waals surface area contributed by atoms with Crippen LogP contribution in [0, 0.1) is 0 Å². The molecule has 2 atom stereocenters. The zero-order valence-electron chi connectivity index (χ0n) is 13.6. The van der Waals surface area contributed by atoms with Crippen LogP contribution in [-0.4, -0.2) is 47.0 Å². The fraction of sp³-hybridized carbons (Fsp3) is 0.875. The highest BCUT2D eigenvalue weighted by Crippen LogP contribution is 2.32. The number of rotatable bonds is 5. The van der Waals surface area contributed by atoms with Crippen molar-refractivity contribution < 1.29 is 14.3 Å². The van der Waals surface area contributed by atoms with Gasteiger partial charge in [0.2, 0.25) is 11.8 Å². The van der Waals surface area contributed by atoms with Gasteiger partial charge in [-0.15, -0.1) is 0 Å². The van der Waals surface area contributed by atoms with E-state index in [0.29, 0.717) is 6.42 Å². The van der Waals surface area contributed by atoms with E-state index in [1.54, 1.807) is 0 Å². The van der Waals surface area contributed by atoms with Gasteiger partial charge in [-0.3, -0.25) is 14.5 Å². The SMILES string of the molecule is CCC1(CC)CC(NC2CC(=O)N(C(C)C)C2=O)CCO1. The van der Waals surface area contributed by atoms with E-state index < -0.39 is 0 Å². The quantitative estimate of drug-likeness (QED) is 0.787. The summed E-state index contributed by atoms with van der Waals surface area (Å²) >= 11 is 0. The first-order chi connectivity index (χ1) is 9.92. The van der Waals surface area contributed by atoms with Crippen molar-refractivity contribution in [1.29, 1.82) is 0 Å². The molecule has 2 rings (SSSR count). The molecule has 2 unspecified atom stereocenters. The summed E-state index contributed by atoms with van der Waals surface area (Å²) in [5.41, 5.74) is -0.0701. The number of nitrogens with one attached hydrogen (secondary N) is 1. The Hall–Kier alpha value is -0.940. The molecule has 2 saturated heterocycles. The van der Waals surface area contributed by atoms with Gasteiger partial charge >= 0.3 is 0 Å². The molecule has 0 bridgehead atoms. The zero-order chi connectivity index (χ0) is 15.6. The molecular weight excluding hydrogens is 268 g/mol. The maximum atomic E-state index is 12.3. The van der Waals surface area contributed by atoms with Crippen molar-refractivity contribution in [2.75, 3.05) is 6.61 Å². The van der Waals surface area contributed by atoms with Crippen LogP contribution in [-0.2, 0) is 14.3 Å². The van der Waals surface area contributed by atoms with E-state index in [0.717, 1.165) is 32.3 Å². The van der Waals surface area contributed by atoms with E-state index in [4.69, 9.17) is 4.74 Å². The first kappa shape index (κ1) is 16.4. The van der Waals surface area contributed by atoms with E-state index in [-0.39, 0.29) is 35.5 Å². The smallest absolute Gasteiger partial charge is 0.247 e. The average molecular weight is 296 g/mol. The normalized spacial score (nSPS) is 29.5. The van der Waals surface area contributed by atoms with E-state index >= 15 is 0 Å². The van der Waals surface area contributed by atoms with Gasteiger partial charge in [-0.05, 0) is 39.5 Å². The lowest BCUT2D eigenvalue weighted by molar-refractivity contribution is -0.141. The van der Waals surface area contributed by atoms with Gasteiger partial charge in [-0.1, -0.05) is 13.8 Å². The van der Waals surface area contributed by atoms with Gasteiger partial charge in [-0.25, -0.2) is 0 Å². The standard InChI is InChI=1S/C16H28N2O3/c1-5-16(6-2)10-12(7-8-21-16)17-13-9-14(19)18(11(3)4)15(13)20/h11-13,17H,5-10H2,1-4H3. The molecule has 0 saturated carbocycles. The lowest BCUT2D eigenvalue weighted by Gasteiger charge is -2.41. The number of ether oxygens (including phenoxy) is 1. The second-order valence-electron chi connectivity index (χ2n) is 6.55. The highest BCUT2D eigenvalue weighted by Gasteiger charge is 2.42. The van der Waals surface area contributed by atoms with E-state index in [1.807, 2.05) is 13.8 Å². The number of carbonyl (C=O) groups excluding carboxylic acids is 2. The Bertz CT molecular complexity index is 404. The van der Waals surface area contributed by atoms with Crippen LogP contribution in [0.3, 0.4) is 0 Å². The topological polar surface area (TPSA) is 58.6 Å². The second-order valence-corrected chi connectivity index (χ2v) is 6.55. The molecule has 0 spiro atoms. The predicted octanol–water partition coefficient (Wildman–Crippen LogP) is 1.85. The van der Waals surface area contributed by atoms with Crippen molar-refractivity contribution in [1.82, 2.24) is 10.2 Å². The van der Waals surface area contributed by atoms with Crippen molar-refractivity contribution in [3.05, 3.63) is 0 Å². The number of hydrogen-bond acceptors (Lipinski definition) is 4. The fourth-order valence-electron chi connectivity index (χ4n) is 3.52. The van der Waals surface area contributed by atoms with Gasteiger partial charge in [0, 0.05) is 18.7 Å². The van der Waals surface area contributed by atoms with Gasteiger partial charge in [0.1, 0.15) is 0 Å². The van der Waals surface area contributed by atoms with E-state index in [9.17, 15) is 9.59 Å². The van der Waals surface area contributed by atoms with Crippen LogP contribution in [0.5, 0.6) is 0 Å². The highest BCUT2D eigenvalue weighted by atomic mass is 16.5. The van der Waals surface area contributed by atoms with Gasteiger partial charge in [0.25, 0.3) is 0 Å². The number of amides is 2. The number of imide groups is 1. The van der Waals surface area contributed by atoms with Crippen LogP contribution >= 0.6 is 0 Å². The fourth-order valence-corrected chi connectivity index (χ4v) is 3.52. The van der Waals surface area contributed by atoms with Crippen molar-refractivity contribution in [2.45, 2.75) is 83.5 Å². The average Bonchev–Trinajstić information content (AvgIpc) is 2.73. The summed E-state index contributed by atoms with van der Waals surface area (Å²) in [5.74, 6) is -0.128. The minimum Gasteiger partial charge on any atom is -0.375 e. The van der Waals surface area contributed by atoms with Crippen LogP contribution in [0.1, 0.15) is 59.8 Å². The molecule has 0 radical (unpaired) electrons. The molecule has 5 heteroatoms. The molecule has 21 heavy (non-hydrogen) atoms. The molecule has 5 nitrogen and oxygen atoms in total. The Morgan fingerprint density at radius 1 is 1.33 bits per heavy atom. The minimum atomic E-state index is -0.352. The number of carbonyl (C=O) groups is 2. The third kappa shape index (κ3) is 3.29. The predicted molar refractivity (Wildman–Crippen MR) is 80.8 cm³/mol. The third-order valence-electron chi connectivity index (χ3n) is 4.92. The monoisotopic (exact) mass is 296 g/mol. The van der Waals surface area contributed by atoms with Crippen molar-refractivity contribution in [3.8, 4) is 0 Å². The Balaban J connectivity index is 1.99. The molecule has 0 aromatic heterocycles. The van der Waals surface area contributed by atoms with Crippen LogP contribution in [0.2, 0.25) is 0 Å². The number of hydrogen-bond donors (Lipinski definition) is 1. The summed E-state index contributed by atoms with van der Waals surface area (Å²) in [6.45, 7) is 8.78. The van der Waals surface area contributed by atoms with Crippen LogP contribution in [0.25, 0.3) is 0 Å². The highest BCUT2D eigenvalue weighted by molar-refractivity contribution is 6.05. The maximum absolute atomic E-state index is 12.3. The van der Waals surface area contributed by atoms with Crippen molar-refractivity contribution in [3.63, 3.8) is 0 Å². The third-order valence-corrected chi connectivity index (χ3v) is 4.92. The van der Waals surface area contributed by atoms with Crippen LogP contribution in [0.15, 0.2) is 0 Å². The van der Waals surface area contributed by atoms with Crippen molar-refractivity contribution in [2.24, 2.45) is 0 Å². The van der Waals surface area contributed by atoms with Crippen LogP contribution in [0.4, 0.5) is 0 Å². The van der Waals surface area contributed by atoms with E-state index in [1.165, 1.54) is 4.90 Å². The summed E-state index contributed by atoms with van der Waals surface area (Å²) in [6.07, 6.45) is 4.08. The Morgan fingerprint density at radius 2 is 2.00 bits per heavy atom. The number of likely N-dealkylation sites (tertiary alicyclic amines) is 1. The maximum Gasteiger partial charge on any atom is 0.247 e. The summed E-state index contributed by atoms with van der Waals surface area (Å²) in [4.78, 5) is 25.7. The summed E-state index contributed by atoms with van der Waals surface area (Å²) < 4.78 is 5.96. The molecule has 2 heterocycles. The van der Waals surface area contributed by atoms with Gasteiger partial charge in [0.15, 0.2) is 0 Å². The molecule has 2 aliphatic heterocycles. The van der Waals surface area contributed by atoms with Crippen LogP contribution < -0.4 is 5.32 Å². The van der Waals surface area contributed by atoms with Gasteiger partial charge in [0.05, 0.1) is 18.1 Å². The molecule has 0 aromatic carbocycles. The molecular formula is C16H28N2O3. The summed E-state index contributed by atoms with van der Waals surface area (Å²) in [5, 5.41) is 3.41. The zero-order valence-corrected chi connectivity index (χ0v) is 13.6. The molecule has 0 aliphatic carbocycles. The first-order valence-corrected chi connectivity index (χ1v) is 8.18. The lowest BCUT2D eigenvalue weighted by atomic mass is 9.85.